The summed E-state index contributed by atoms with van der Waals surface area (Å²) in [4.78, 5) is 13.4. The normalized spacial score (nSPS) is 18.1. The summed E-state index contributed by atoms with van der Waals surface area (Å²) < 4.78 is 0. The summed E-state index contributed by atoms with van der Waals surface area (Å²) in [6, 6.07) is -0.102. The molecule has 6 nitrogen and oxygen atoms in total. The Morgan fingerprint density at radius 2 is 2.33 bits per heavy atom. The number of nitrogens with zero attached hydrogens (tertiary/aromatic N) is 4. The van der Waals surface area contributed by atoms with E-state index in [9.17, 15) is 4.79 Å². The molecule has 1 aliphatic rings. The number of nitrogens with one attached hydrogen (secondary N) is 1. The monoisotopic (exact) mass is 267 g/mol. The molecule has 1 atom stereocenters. The Hall–Kier alpha value is -1.47. The highest BCUT2D eigenvalue weighted by atomic mass is 32.1. The number of carbonyl (C=O) groups excluding carboxylic acids is 1. The number of aromatic nitrogens is 2. The minimum Gasteiger partial charge on any atom is -0.261 e. The predicted octanol–water partition coefficient (Wildman–Crippen LogP) is 1.94. The van der Waals surface area contributed by atoms with E-state index in [2.05, 4.69) is 41.6 Å². The van der Waals surface area contributed by atoms with Crippen LogP contribution in [0.3, 0.4) is 0 Å². The Morgan fingerprint density at radius 3 is 2.94 bits per heavy atom. The summed E-state index contributed by atoms with van der Waals surface area (Å²) in [6.45, 7) is 4.62. The van der Waals surface area contributed by atoms with Gasteiger partial charge in [0.2, 0.25) is 5.13 Å². The van der Waals surface area contributed by atoms with Crippen molar-refractivity contribution in [2.24, 2.45) is 0 Å². The third kappa shape index (κ3) is 2.51. The maximum Gasteiger partial charge on any atom is 0.341 e. The molecule has 1 aromatic heterocycles. The minimum atomic E-state index is -0.102. The van der Waals surface area contributed by atoms with Gasteiger partial charge in [0.25, 0.3) is 0 Å². The van der Waals surface area contributed by atoms with Crippen LogP contribution in [0.25, 0.3) is 0 Å². The molecule has 1 aromatic rings. The van der Waals surface area contributed by atoms with Crippen molar-refractivity contribution in [2.45, 2.75) is 26.2 Å². The number of carbonyl (C=O) groups is 1. The van der Waals surface area contributed by atoms with Gasteiger partial charge >= 0.3 is 6.03 Å². The van der Waals surface area contributed by atoms with Gasteiger partial charge in [-0.15, -0.1) is 10.2 Å². The number of allylic oxidation sites excluding steroid dienone is 2. The summed E-state index contributed by atoms with van der Waals surface area (Å²) >= 11 is 1.46. The molecule has 1 aliphatic heterocycles. The first-order valence-electron chi connectivity index (χ1n) is 5.92. The lowest BCUT2D eigenvalue weighted by molar-refractivity contribution is 0.217. The number of hydrazine groups is 1. The highest BCUT2D eigenvalue weighted by Crippen LogP contribution is 2.27. The van der Waals surface area contributed by atoms with Crippen molar-refractivity contribution in [1.29, 1.82) is 0 Å². The predicted molar refractivity (Wildman–Crippen MR) is 71.4 cm³/mol. The van der Waals surface area contributed by atoms with Crippen molar-refractivity contribution in [3.63, 3.8) is 0 Å². The van der Waals surface area contributed by atoms with E-state index < -0.39 is 0 Å². The molecule has 1 N–H and O–H groups in total. The number of urea groups is 1. The lowest BCUT2D eigenvalue weighted by Gasteiger charge is -2.09. The Balaban J connectivity index is 2.11. The lowest BCUT2D eigenvalue weighted by atomic mass is 10.2. The SMILES string of the molecule is CC/C=C/C(C)c1nnc(N2CNN(C)C2=O)s1. The van der Waals surface area contributed by atoms with Crippen LogP contribution in [-0.2, 0) is 0 Å². The number of hydrogen-bond acceptors (Lipinski definition) is 5. The van der Waals surface area contributed by atoms with Gasteiger partial charge in [-0.05, 0) is 6.42 Å². The van der Waals surface area contributed by atoms with E-state index in [1.807, 2.05) is 0 Å². The van der Waals surface area contributed by atoms with Crippen molar-refractivity contribution in [2.75, 3.05) is 18.6 Å². The molecule has 0 spiro atoms. The molecule has 2 rings (SSSR count). The first-order chi connectivity index (χ1) is 8.63. The van der Waals surface area contributed by atoms with E-state index in [1.165, 1.54) is 16.3 Å². The fourth-order valence-electron chi connectivity index (χ4n) is 1.58. The second-order valence-corrected chi connectivity index (χ2v) is 5.12. The molecule has 2 amide bonds. The number of anilines is 1. The van der Waals surface area contributed by atoms with Gasteiger partial charge in [-0.2, -0.15) is 0 Å². The molecule has 98 valence electrons. The number of rotatable bonds is 4. The van der Waals surface area contributed by atoms with E-state index in [-0.39, 0.29) is 11.9 Å². The highest BCUT2D eigenvalue weighted by molar-refractivity contribution is 7.15. The van der Waals surface area contributed by atoms with Crippen LogP contribution in [0.5, 0.6) is 0 Å². The van der Waals surface area contributed by atoms with Crippen molar-refractivity contribution in [3.05, 3.63) is 17.2 Å². The van der Waals surface area contributed by atoms with Gasteiger partial charge in [0.1, 0.15) is 5.01 Å². The molecule has 0 saturated carbocycles. The van der Waals surface area contributed by atoms with Gasteiger partial charge in [-0.3, -0.25) is 9.91 Å². The number of amides is 2. The van der Waals surface area contributed by atoms with Crippen LogP contribution >= 0.6 is 11.3 Å². The first-order valence-corrected chi connectivity index (χ1v) is 6.74. The van der Waals surface area contributed by atoms with E-state index in [4.69, 9.17) is 0 Å². The molecule has 1 fully saturated rings. The standard InChI is InChI=1S/C11H17N5OS/c1-4-5-6-8(2)9-13-14-10(18-9)16-7-12-15(3)11(16)17/h5-6,8,12H,4,7H2,1-3H3/b6-5+. The molecule has 0 radical (unpaired) electrons. The zero-order valence-electron chi connectivity index (χ0n) is 10.8. The second-order valence-electron chi connectivity index (χ2n) is 4.13. The van der Waals surface area contributed by atoms with Crippen molar-refractivity contribution >= 4 is 22.5 Å². The lowest BCUT2D eigenvalue weighted by Crippen LogP contribution is -2.31. The summed E-state index contributed by atoms with van der Waals surface area (Å²) in [6.07, 6.45) is 5.23. The molecule has 0 bridgehead atoms. The average molecular weight is 267 g/mol. The second kappa shape index (κ2) is 5.45. The topological polar surface area (TPSA) is 61.4 Å². The zero-order chi connectivity index (χ0) is 13.1. The molecular formula is C11H17N5OS. The molecule has 18 heavy (non-hydrogen) atoms. The van der Waals surface area contributed by atoms with Crippen molar-refractivity contribution in [3.8, 4) is 0 Å². The highest BCUT2D eigenvalue weighted by Gasteiger charge is 2.29. The Morgan fingerprint density at radius 1 is 1.56 bits per heavy atom. The number of hydrogen-bond donors (Lipinski definition) is 1. The van der Waals surface area contributed by atoms with Gasteiger partial charge in [-0.1, -0.05) is 37.3 Å². The van der Waals surface area contributed by atoms with Gasteiger partial charge in [0, 0.05) is 13.0 Å². The van der Waals surface area contributed by atoms with E-state index in [1.54, 1.807) is 11.9 Å². The molecular weight excluding hydrogens is 250 g/mol. The fourth-order valence-corrected chi connectivity index (χ4v) is 2.45. The van der Waals surface area contributed by atoms with Crippen molar-refractivity contribution < 1.29 is 4.79 Å². The molecule has 7 heteroatoms. The molecule has 0 aliphatic carbocycles. The molecule has 2 heterocycles. The molecule has 0 aromatic carbocycles. The first kappa shape index (κ1) is 13.0. The van der Waals surface area contributed by atoms with Crippen LogP contribution < -0.4 is 10.3 Å². The van der Waals surface area contributed by atoms with Crippen LogP contribution in [0.15, 0.2) is 12.2 Å². The summed E-state index contributed by atoms with van der Waals surface area (Å²) in [5.41, 5.74) is 2.93. The minimum absolute atomic E-state index is 0.102. The third-order valence-corrected chi connectivity index (χ3v) is 3.84. The zero-order valence-corrected chi connectivity index (χ0v) is 11.6. The van der Waals surface area contributed by atoms with E-state index in [0.29, 0.717) is 11.8 Å². The molecule has 1 saturated heterocycles. The van der Waals surface area contributed by atoms with Gasteiger partial charge in [0.15, 0.2) is 0 Å². The van der Waals surface area contributed by atoms with Gasteiger partial charge < -0.3 is 0 Å². The maximum atomic E-state index is 11.8. The van der Waals surface area contributed by atoms with E-state index >= 15 is 0 Å². The summed E-state index contributed by atoms with van der Waals surface area (Å²) in [5.74, 6) is 0.236. The third-order valence-electron chi connectivity index (χ3n) is 2.69. The van der Waals surface area contributed by atoms with Crippen LogP contribution in [0, 0.1) is 0 Å². The van der Waals surface area contributed by atoms with Crippen LogP contribution in [0.4, 0.5) is 9.93 Å². The van der Waals surface area contributed by atoms with Crippen LogP contribution in [-0.4, -0.2) is 35.0 Å². The quantitative estimate of drug-likeness (QED) is 0.847. The van der Waals surface area contributed by atoms with E-state index in [0.717, 1.165) is 11.4 Å². The Bertz CT molecular complexity index is 458. The van der Waals surface area contributed by atoms with Crippen molar-refractivity contribution in [1.82, 2.24) is 20.6 Å². The van der Waals surface area contributed by atoms with Gasteiger partial charge in [0.05, 0.1) is 6.67 Å². The Labute approximate surface area is 110 Å². The van der Waals surface area contributed by atoms with Crippen LogP contribution in [0.1, 0.15) is 31.2 Å². The average Bonchev–Trinajstić information content (AvgIpc) is 2.95. The Kier molecular flexibility index (Phi) is 3.93. The smallest absolute Gasteiger partial charge is 0.261 e. The summed E-state index contributed by atoms with van der Waals surface area (Å²) in [5, 5.41) is 11.3. The fraction of sp³-hybridized carbons (Fsp3) is 0.545. The van der Waals surface area contributed by atoms with Gasteiger partial charge in [-0.25, -0.2) is 10.2 Å². The molecule has 1 unspecified atom stereocenters. The maximum absolute atomic E-state index is 11.8. The summed E-state index contributed by atoms with van der Waals surface area (Å²) in [7, 11) is 1.69. The largest absolute Gasteiger partial charge is 0.341 e. The van der Waals surface area contributed by atoms with Crippen LogP contribution in [0.2, 0.25) is 0 Å².